The monoisotopic (exact) mass is 479 g/mol. The number of rotatable bonds is 5. The van der Waals surface area contributed by atoms with Gasteiger partial charge in [0.2, 0.25) is 0 Å². The van der Waals surface area contributed by atoms with Gasteiger partial charge in [0.05, 0.1) is 24.8 Å². The lowest BCUT2D eigenvalue weighted by Gasteiger charge is -2.15. The SMILES string of the molecule is COc1cc(C=Cc2nnc3n2CCCC[C@@H]3c2cc(F)c(F)c(F)c2)ccc1-n1cnc(C)c1. The molecular formula is C26H24F3N5O. The molecule has 0 saturated heterocycles. The maximum atomic E-state index is 13.9. The van der Waals surface area contributed by atoms with Gasteiger partial charge in [-0.3, -0.25) is 0 Å². The van der Waals surface area contributed by atoms with Crippen LogP contribution in [0.15, 0.2) is 42.9 Å². The van der Waals surface area contributed by atoms with Crippen LogP contribution in [-0.4, -0.2) is 31.4 Å². The first kappa shape index (κ1) is 22.9. The van der Waals surface area contributed by atoms with Crippen molar-refractivity contribution in [2.45, 2.75) is 38.6 Å². The summed E-state index contributed by atoms with van der Waals surface area (Å²) >= 11 is 0. The van der Waals surface area contributed by atoms with Crippen LogP contribution < -0.4 is 4.74 Å². The Labute approximate surface area is 200 Å². The molecule has 1 aliphatic heterocycles. The molecule has 9 heteroatoms. The first-order valence-corrected chi connectivity index (χ1v) is 11.4. The van der Waals surface area contributed by atoms with E-state index in [4.69, 9.17) is 4.74 Å². The molecule has 0 fully saturated rings. The summed E-state index contributed by atoms with van der Waals surface area (Å²) in [4.78, 5) is 4.27. The van der Waals surface area contributed by atoms with Crippen molar-refractivity contribution < 1.29 is 17.9 Å². The minimum atomic E-state index is -1.46. The maximum Gasteiger partial charge on any atom is 0.194 e. The Kier molecular flexibility index (Phi) is 6.15. The van der Waals surface area contributed by atoms with E-state index in [-0.39, 0.29) is 5.92 Å². The molecule has 35 heavy (non-hydrogen) atoms. The molecule has 180 valence electrons. The highest BCUT2D eigenvalue weighted by Gasteiger charge is 2.26. The van der Waals surface area contributed by atoms with Crippen molar-refractivity contribution >= 4 is 12.2 Å². The molecule has 3 heterocycles. The Morgan fingerprint density at radius 2 is 1.83 bits per heavy atom. The summed E-state index contributed by atoms with van der Waals surface area (Å²) in [5, 5.41) is 8.67. The second-order valence-electron chi connectivity index (χ2n) is 8.60. The number of benzene rings is 2. The van der Waals surface area contributed by atoms with Gasteiger partial charge in [0.15, 0.2) is 23.3 Å². The number of ether oxygens (including phenoxy) is 1. The van der Waals surface area contributed by atoms with E-state index in [0.717, 1.165) is 41.9 Å². The molecule has 2 aromatic carbocycles. The van der Waals surface area contributed by atoms with Gasteiger partial charge in [-0.1, -0.05) is 18.6 Å². The van der Waals surface area contributed by atoms with Crippen molar-refractivity contribution in [3.63, 3.8) is 0 Å². The Balaban J connectivity index is 1.45. The fourth-order valence-electron chi connectivity index (χ4n) is 4.51. The van der Waals surface area contributed by atoms with Crippen molar-refractivity contribution in [2.24, 2.45) is 0 Å². The third-order valence-corrected chi connectivity index (χ3v) is 6.27. The van der Waals surface area contributed by atoms with Crippen molar-refractivity contribution in [1.29, 1.82) is 0 Å². The van der Waals surface area contributed by atoms with Gasteiger partial charge in [0, 0.05) is 18.7 Å². The summed E-state index contributed by atoms with van der Waals surface area (Å²) in [6.07, 6.45) is 9.82. The average molecular weight is 480 g/mol. The van der Waals surface area contributed by atoms with E-state index in [0.29, 0.717) is 35.9 Å². The third kappa shape index (κ3) is 4.45. The molecule has 2 aromatic heterocycles. The van der Waals surface area contributed by atoms with Crippen LogP contribution >= 0.6 is 0 Å². The van der Waals surface area contributed by atoms with Crippen LogP contribution in [0.4, 0.5) is 13.2 Å². The fourth-order valence-corrected chi connectivity index (χ4v) is 4.51. The van der Waals surface area contributed by atoms with Gasteiger partial charge < -0.3 is 13.9 Å². The minimum Gasteiger partial charge on any atom is -0.495 e. The van der Waals surface area contributed by atoms with Gasteiger partial charge in [-0.25, -0.2) is 18.2 Å². The van der Waals surface area contributed by atoms with Gasteiger partial charge in [0.25, 0.3) is 0 Å². The van der Waals surface area contributed by atoms with E-state index < -0.39 is 17.5 Å². The summed E-state index contributed by atoms with van der Waals surface area (Å²) in [7, 11) is 1.62. The predicted octanol–water partition coefficient (Wildman–Crippen LogP) is 5.68. The molecule has 0 N–H and O–H groups in total. The first-order chi connectivity index (χ1) is 16.9. The second-order valence-corrected chi connectivity index (χ2v) is 8.60. The zero-order chi connectivity index (χ0) is 24.5. The van der Waals surface area contributed by atoms with Gasteiger partial charge in [-0.15, -0.1) is 10.2 Å². The zero-order valence-electron chi connectivity index (χ0n) is 19.4. The number of aryl methyl sites for hydroxylation is 1. The quantitative estimate of drug-likeness (QED) is 0.346. The molecule has 0 aliphatic carbocycles. The van der Waals surface area contributed by atoms with Crippen LogP contribution in [0.3, 0.4) is 0 Å². The molecule has 5 rings (SSSR count). The Hall–Kier alpha value is -3.88. The van der Waals surface area contributed by atoms with Gasteiger partial charge >= 0.3 is 0 Å². The molecule has 6 nitrogen and oxygen atoms in total. The smallest absolute Gasteiger partial charge is 0.194 e. The number of fused-ring (bicyclic) bond motifs is 1. The number of imidazole rings is 1. The van der Waals surface area contributed by atoms with Gasteiger partial charge in [0.1, 0.15) is 11.6 Å². The number of nitrogens with zero attached hydrogens (tertiary/aromatic N) is 5. The summed E-state index contributed by atoms with van der Waals surface area (Å²) < 4.78 is 50.7. The van der Waals surface area contributed by atoms with Crippen LogP contribution in [0.5, 0.6) is 5.75 Å². The van der Waals surface area contributed by atoms with Crippen molar-refractivity contribution in [2.75, 3.05) is 7.11 Å². The first-order valence-electron chi connectivity index (χ1n) is 11.4. The molecule has 1 aliphatic rings. The highest BCUT2D eigenvalue weighted by molar-refractivity contribution is 5.69. The topological polar surface area (TPSA) is 57.8 Å². The molecule has 0 radical (unpaired) electrons. The third-order valence-electron chi connectivity index (χ3n) is 6.27. The Bertz CT molecular complexity index is 1380. The molecule has 0 saturated carbocycles. The van der Waals surface area contributed by atoms with E-state index in [1.54, 1.807) is 13.4 Å². The van der Waals surface area contributed by atoms with Crippen LogP contribution in [-0.2, 0) is 6.54 Å². The van der Waals surface area contributed by atoms with Gasteiger partial charge in [-0.2, -0.15) is 0 Å². The predicted molar refractivity (Wildman–Crippen MR) is 126 cm³/mol. The molecular weight excluding hydrogens is 455 g/mol. The van der Waals surface area contributed by atoms with E-state index in [9.17, 15) is 13.2 Å². The highest BCUT2D eigenvalue weighted by atomic mass is 19.2. The largest absolute Gasteiger partial charge is 0.495 e. The fraction of sp³-hybridized carbons (Fsp3) is 0.269. The number of aromatic nitrogens is 5. The molecule has 4 aromatic rings. The maximum absolute atomic E-state index is 13.9. The summed E-state index contributed by atoms with van der Waals surface area (Å²) in [5.74, 6) is -2.26. The van der Waals surface area contributed by atoms with Gasteiger partial charge in [-0.05, 0) is 61.2 Å². The highest BCUT2D eigenvalue weighted by Crippen LogP contribution is 2.34. The lowest BCUT2D eigenvalue weighted by molar-refractivity contribution is 0.413. The van der Waals surface area contributed by atoms with Crippen molar-refractivity contribution in [3.8, 4) is 11.4 Å². The Morgan fingerprint density at radius 1 is 1.03 bits per heavy atom. The van der Waals surface area contributed by atoms with Crippen molar-refractivity contribution in [3.05, 3.63) is 88.8 Å². The average Bonchev–Trinajstić information content (AvgIpc) is 3.40. The second kappa shape index (κ2) is 9.40. The van der Waals surface area contributed by atoms with Crippen LogP contribution in [0.2, 0.25) is 0 Å². The van der Waals surface area contributed by atoms with E-state index in [1.807, 2.05) is 52.6 Å². The summed E-state index contributed by atoms with van der Waals surface area (Å²) in [5.41, 5.74) is 3.06. The van der Waals surface area contributed by atoms with E-state index >= 15 is 0 Å². The summed E-state index contributed by atoms with van der Waals surface area (Å²) in [6.45, 7) is 2.61. The molecule has 0 bridgehead atoms. The van der Waals surface area contributed by atoms with Crippen LogP contribution in [0.1, 0.15) is 53.7 Å². The summed E-state index contributed by atoms with van der Waals surface area (Å²) in [6, 6.07) is 7.96. The molecule has 0 unspecified atom stereocenters. The number of hydrogen-bond acceptors (Lipinski definition) is 4. The van der Waals surface area contributed by atoms with Crippen LogP contribution in [0, 0.1) is 24.4 Å². The Morgan fingerprint density at radius 3 is 2.54 bits per heavy atom. The molecule has 1 atom stereocenters. The normalized spacial score (nSPS) is 15.9. The molecule has 0 spiro atoms. The number of methoxy groups -OCH3 is 1. The zero-order valence-corrected chi connectivity index (χ0v) is 19.4. The minimum absolute atomic E-state index is 0.363. The number of hydrogen-bond donors (Lipinski definition) is 0. The lowest BCUT2D eigenvalue weighted by atomic mass is 9.93. The van der Waals surface area contributed by atoms with E-state index in [1.165, 1.54) is 0 Å². The van der Waals surface area contributed by atoms with E-state index in [2.05, 4.69) is 15.2 Å². The lowest BCUT2D eigenvalue weighted by Crippen LogP contribution is -2.10. The molecule has 0 amide bonds. The van der Waals surface area contributed by atoms with Crippen LogP contribution in [0.25, 0.3) is 17.8 Å². The van der Waals surface area contributed by atoms with Crippen molar-refractivity contribution in [1.82, 2.24) is 24.3 Å². The number of halogens is 3. The standard InChI is InChI=1S/C26H24F3N5O/c1-16-14-33(15-30-16)22-8-6-17(11-23(22)35-2)7-9-24-31-32-26-19(5-3-4-10-34(24)26)18-12-20(27)25(29)21(28)13-18/h6-9,11-15,19H,3-5,10H2,1-2H3/t19-/m1/s1.